The van der Waals surface area contributed by atoms with Crippen molar-refractivity contribution in [2.24, 2.45) is 0 Å². The van der Waals surface area contributed by atoms with Crippen LogP contribution in [0, 0.1) is 0 Å². The number of fused-ring (bicyclic) bond motifs is 1. The maximum absolute atomic E-state index is 13.8. The summed E-state index contributed by atoms with van der Waals surface area (Å²) in [6, 6.07) is 25.7. The van der Waals surface area contributed by atoms with Gasteiger partial charge in [-0.25, -0.2) is 9.69 Å². The fourth-order valence-electron chi connectivity index (χ4n) is 5.33. The first-order valence-electron chi connectivity index (χ1n) is 13.1. The van der Waals surface area contributed by atoms with Crippen LogP contribution in [0.25, 0.3) is 10.4 Å². The molecule has 1 aliphatic heterocycles. The third kappa shape index (κ3) is 5.59. The predicted octanol–water partition coefficient (Wildman–Crippen LogP) is 6.52. The molecule has 0 aliphatic carbocycles. The lowest BCUT2D eigenvalue weighted by Crippen LogP contribution is -2.43. The van der Waals surface area contributed by atoms with Crippen molar-refractivity contribution in [1.29, 1.82) is 0 Å². The zero-order valence-electron chi connectivity index (χ0n) is 22.8. The Kier molecular flexibility index (Phi) is 8.19. The van der Waals surface area contributed by atoms with Gasteiger partial charge < -0.3 is 14.6 Å². The molecule has 8 heteroatoms. The number of carbonyl (C=O) groups is 2. The Morgan fingerprint density at radius 2 is 1.68 bits per heavy atom. The molecule has 1 N–H and O–H groups in total. The monoisotopic (exact) mass is 556 g/mol. The van der Waals surface area contributed by atoms with Gasteiger partial charge >= 0.3 is 6.09 Å². The van der Waals surface area contributed by atoms with E-state index in [1.54, 1.807) is 25.6 Å². The van der Waals surface area contributed by atoms with Gasteiger partial charge in [0.15, 0.2) is 0 Å². The lowest BCUT2D eigenvalue weighted by molar-refractivity contribution is 0.0708. The molecule has 206 valence electrons. The van der Waals surface area contributed by atoms with Gasteiger partial charge in [-0.2, -0.15) is 0 Å². The van der Waals surface area contributed by atoms with Gasteiger partial charge in [-0.15, -0.1) is 11.3 Å². The third-order valence-corrected chi connectivity index (χ3v) is 8.68. The Morgan fingerprint density at radius 1 is 0.975 bits per heavy atom. The first-order valence-corrected chi connectivity index (χ1v) is 13.9. The van der Waals surface area contributed by atoms with E-state index < -0.39 is 12.0 Å². The number of carbonyl (C=O) groups excluding carboxylic acids is 1. The molecule has 0 radical (unpaired) electrons. The Bertz CT molecular complexity index is 1500. The summed E-state index contributed by atoms with van der Waals surface area (Å²) < 4.78 is 11.0. The second-order valence-corrected chi connectivity index (χ2v) is 11.0. The minimum atomic E-state index is -1.23. The molecule has 1 atom stereocenters. The molecule has 2 heterocycles. The number of benzene rings is 3. The summed E-state index contributed by atoms with van der Waals surface area (Å²) in [5, 5.41) is 10.0. The summed E-state index contributed by atoms with van der Waals surface area (Å²) in [5.41, 5.74) is 4.46. The van der Waals surface area contributed by atoms with Crippen molar-refractivity contribution in [2.75, 3.05) is 27.8 Å². The number of rotatable bonds is 9. The fourth-order valence-corrected chi connectivity index (χ4v) is 6.74. The molecular formula is C32H32N2O5S. The molecule has 0 saturated carbocycles. The highest BCUT2D eigenvalue weighted by Crippen LogP contribution is 2.46. The second-order valence-electron chi connectivity index (χ2n) is 9.95. The van der Waals surface area contributed by atoms with Crippen molar-refractivity contribution in [1.82, 2.24) is 9.80 Å². The molecule has 5 rings (SSSR count). The maximum Gasteiger partial charge on any atom is 0.414 e. The fraction of sp³-hybridized carbons (Fsp3) is 0.250. The summed E-state index contributed by atoms with van der Waals surface area (Å²) in [6.45, 7) is 1.28. The standard InChI is InChI=1S/C32H32N2O5S/c1-33(18-21-9-5-4-6-10-21)20-26-28-30(40-29(26)22-13-15-25(38-2)16-14-22)24(19-34(31(28)35)32(36)37)17-23-11-7-8-12-27(23)39-3/h4-16,24H,17-20H2,1-3H3,(H,36,37). The average Bonchev–Trinajstić information content (AvgIpc) is 3.34. The van der Waals surface area contributed by atoms with Crippen molar-refractivity contribution in [3.63, 3.8) is 0 Å². The van der Waals surface area contributed by atoms with Gasteiger partial charge in [-0.1, -0.05) is 48.5 Å². The number of amides is 2. The lowest BCUT2D eigenvalue weighted by atomic mass is 9.88. The smallest absolute Gasteiger partial charge is 0.414 e. The molecule has 7 nitrogen and oxygen atoms in total. The van der Waals surface area contributed by atoms with Crippen LogP contribution in [0.15, 0.2) is 78.9 Å². The second kappa shape index (κ2) is 11.9. The number of methoxy groups -OCH3 is 2. The van der Waals surface area contributed by atoms with Crippen molar-refractivity contribution in [2.45, 2.75) is 25.4 Å². The van der Waals surface area contributed by atoms with E-state index in [1.165, 1.54) is 0 Å². The quantitative estimate of drug-likeness (QED) is 0.253. The molecule has 1 unspecified atom stereocenters. The molecule has 1 aromatic heterocycles. The first-order chi connectivity index (χ1) is 19.4. The summed E-state index contributed by atoms with van der Waals surface area (Å²) in [5.74, 6) is 0.834. The van der Waals surface area contributed by atoms with Crippen molar-refractivity contribution >= 4 is 23.3 Å². The highest BCUT2D eigenvalue weighted by Gasteiger charge is 2.40. The minimum Gasteiger partial charge on any atom is -0.497 e. The van der Waals surface area contributed by atoms with Crippen molar-refractivity contribution in [3.8, 4) is 21.9 Å². The van der Waals surface area contributed by atoms with E-state index in [2.05, 4.69) is 17.0 Å². The van der Waals surface area contributed by atoms with Gasteiger partial charge in [0, 0.05) is 35.3 Å². The number of ether oxygens (including phenoxy) is 2. The van der Waals surface area contributed by atoms with E-state index in [9.17, 15) is 14.7 Å². The number of nitrogens with zero attached hydrogens (tertiary/aromatic N) is 2. The van der Waals surface area contributed by atoms with Crippen LogP contribution < -0.4 is 9.47 Å². The van der Waals surface area contributed by atoms with Crippen molar-refractivity contribution < 1.29 is 24.2 Å². The number of thiophene rings is 1. The largest absolute Gasteiger partial charge is 0.497 e. The number of carboxylic acid groups (broad SMARTS) is 1. The van der Waals surface area contributed by atoms with Crippen molar-refractivity contribution in [3.05, 3.63) is 106 Å². The number of imide groups is 1. The van der Waals surface area contributed by atoms with Gasteiger partial charge in [0.2, 0.25) is 0 Å². The predicted molar refractivity (Wildman–Crippen MR) is 156 cm³/mol. The van der Waals surface area contributed by atoms with E-state index in [0.717, 1.165) is 48.4 Å². The minimum absolute atomic E-state index is 0.0983. The number of hydrogen-bond donors (Lipinski definition) is 1. The Labute approximate surface area is 238 Å². The van der Waals surface area contributed by atoms with Gasteiger partial charge in [-0.3, -0.25) is 9.69 Å². The lowest BCUT2D eigenvalue weighted by Gasteiger charge is -2.30. The SMILES string of the molecule is COc1ccc(-c2sc3c(c2CN(C)Cc2ccccc2)C(=O)N(C(=O)O)CC3Cc2ccccc2OC)cc1. The van der Waals surface area contributed by atoms with Crippen LogP contribution in [0.1, 0.15) is 37.8 Å². The summed E-state index contributed by atoms with van der Waals surface area (Å²) in [7, 11) is 5.28. The summed E-state index contributed by atoms with van der Waals surface area (Å²) >= 11 is 1.59. The highest BCUT2D eigenvalue weighted by molar-refractivity contribution is 7.16. The van der Waals surface area contributed by atoms with Crippen LogP contribution in [0.4, 0.5) is 4.79 Å². The first kappa shape index (κ1) is 27.4. The molecule has 0 saturated heterocycles. The van der Waals surface area contributed by atoms with Crippen LogP contribution >= 0.6 is 11.3 Å². The molecule has 0 spiro atoms. The number of hydrogen-bond acceptors (Lipinski definition) is 6. The van der Waals surface area contributed by atoms with Crippen LogP contribution in [-0.2, 0) is 19.5 Å². The van der Waals surface area contributed by atoms with Crippen LogP contribution in [0.2, 0.25) is 0 Å². The van der Waals surface area contributed by atoms with Crippen LogP contribution in [0.5, 0.6) is 11.5 Å². The van der Waals surface area contributed by atoms with E-state index in [1.807, 2.05) is 73.8 Å². The third-order valence-electron chi connectivity index (χ3n) is 7.23. The molecule has 2 amide bonds. The van der Waals surface area contributed by atoms with Gasteiger partial charge in [0.1, 0.15) is 11.5 Å². The van der Waals surface area contributed by atoms with E-state index in [0.29, 0.717) is 25.1 Å². The Balaban J connectivity index is 1.62. The van der Waals surface area contributed by atoms with E-state index >= 15 is 0 Å². The zero-order valence-corrected chi connectivity index (χ0v) is 23.6. The normalized spacial score (nSPS) is 14.8. The molecule has 0 bridgehead atoms. The molecule has 4 aromatic rings. The van der Waals surface area contributed by atoms with Crippen LogP contribution in [-0.4, -0.2) is 54.7 Å². The van der Waals surface area contributed by atoms with E-state index in [4.69, 9.17) is 9.47 Å². The van der Waals surface area contributed by atoms with Crippen LogP contribution in [0.3, 0.4) is 0 Å². The molecule has 3 aromatic carbocycles. The van der Waals surface area contributed by atoms with E-state index in [-0.39, 0.29) is 12.5 Å². The van der Waals surface area contributed by atoms with Gasteiger partial charge in [0.25, 0.3) is 5.91 Å². The Hall–Kier alpha value is -4.14. The molecular weight excluding hydrogens is 524 g/mol. The molecule has 0 fully saturated rings. The summed E-state index contributed by atoms with van der Waals surface area (Å²) in [4.78, 5) is 31.1. The highest BCUT2D eigenvalue weighted by atomic mass is 32.1. The Morgan fingerprint density at radius 3 is 2.35 bits per heavy atom. The molecule has 1 aliphatic rings. The summed E-state index contributed by atoms with van der Waals surface area (Å²) in [6.07, 6.45) is -0.683. The maximum atomic E-state index is 13.8. The van der Waals surface area contributed by atoms with Gasteiger partial charge in [-0.05, 0) is 66.1 Å². The average molecular weight is 557 g/mol. The topological polar surface area (TPSA) is 79.3 Å². The zero-order chi connectivity index (χ0) is 28.2. The van der Waals surface area contributed by atoms with Gasteiger partial charge in [0.05, 0.1) is 19.8 Å². The number of para-hydroxylation sites is 1. The molecule has 40 heavy (non-hydrogen) atoms.